The van der Waals surface area contributed by atoms with Crippen LogP contribution in [0.25, 0.3) is 0 Å². The van der Waals surface area contributed by atoms with Gasteiger partial charge < -0.3 is 25.5 Å². The van der Waals surface area contributed by atoms with Crippen LogP contribution in [-0.2, 0) is 0 Å². The summed E-state index contributed by atoms with van der Waals surface area (Å²) in [7, 11) is 0. The van der Waals surface area contributed by atoms with Crippen LogP contribution < -0.4 is 5.01 Å². The van der Waals surface area contributed by atoms with Crippen LogP contribution in [0, 0.1) is 24.0 Å². The molecule has 162 valence electrons. The van der Waals surface area contributed by atoms with Crippen molar-refractivity contribution in [1.82, 2.24) is 0 Å². The lowest BCUT2D eigenvalue weighted by Gasteiger charge is -2.27. The molecule has 0 aliphatic heterocycles. The Morgan fingerprint density at radius 1 is 0.967 bits per heavy atom. The molecule has 11 nitrogen and oxygen atoms in total. The summed E-state index contributed by atoms with van der Waals surface area (Å²) >= 11 is 0. The van der Waals surface area contributed by atoms with Crippen LogP contribution in [0.2, 0.25) is 0 Å². The van der Waals surface area contributed by atoms with Crippen molar-refractivity contribution in [2.24, 2.45) is 10.3 Å². The molecule has 11 heteroatoms. The number of non-ortho nitro benzene ring substituents is 1. The van der Waals surface area contributed by atoms with Gasteiger partial charge in [-0.1, -0.05) is 11.3 Å². The van der Waals surface area contributed by atoms with Gasteiger partial charge in [0.2, 0.25) is 0 Å². The Hall–Kier alpha value is -2.96. The maximum absolute atomic E-state index is 10.7. The van der Waals surface area contributed by atoms with E-state index in [1.807, 2.05) is 19.9 Å². The molecule has 0 radical (unpaired) electrons. The average molecular weight is 420 g/mol. The van der Waals surface area contributed by atoms with Crippen molar-refractivity contribution in [3.8, 4) is 0 Å². The molecule has 2 aromatic carbocycles. The highest BCUT2D eigenvalue weighted by molar-refractivity contribution is 5.50. The van der Waals surface area contributed by atoms with Gasteiger partial charge in [-0.2, -0.15) is 0 Å². The Labute approximate surface area is 172 Å². The van der Waals surface area contributed by atoms with Crippen molar-refractivity contribution in [3.05, 3.63) is 63.7 Å². The fourth-order valence-electron chi connectivity index (χ4n) is 2.52. The van der Waals surface area contributed by atoms with Gasteiger partial charge in [0.05, 0.1) is 22.8 Å². The minimum atomic E-state index is -2.23. The first kappa shape index (κ1) is 23.3. The maximum Gasteiger partial charge on any atom is 0.269 e. The van der Waals surface area contributed by atoms with Crippen molar-refractivity contribution in [2.45, 2.75) is 38.4 Å². The molecule has 0 saturated heterocycles. The van der Waals surface area contributed by atoms with Crippen LogP contribution in [0.15, 0.2) is 52.8 Å². The van der Waals surface area contributed by atoms with Crippen LogP contribution in [0.1, 0.15) is 11.1 Å². The number of rotatable bonds is 9. The second-order valence-electron chi connectivity index (χ2n) is 6.78. The zero-order valence-electron chi connectivity index (χ0n) is 16.4. The first-order valence-corrected chi connectivity index (χ1v) is 9.01. The highest BCUT2D eigenvalue weighted by Crippen LogP contribution is 2.23. The van der Waals surface area contributed by atoms with Gasteiger partial charge in [-0.05, 0) is 49.2 Å². The summed E-state index contributed by atoms with van der Waals surface area (Å²) in [5, 5.41) is 67.8. The van der Waals surface area contributed by atoms with Crippen molar-refractivity contribution < 1.29 is 30.5 Å². The molecule has 0 aliphatic carbocycles. The molecule has 0 amide bonds. The Bertz CT molecular complexity index is 889. The summed E-state index contributed by atoms with van der Waals surface area (Å²) in [6.45, 7) is 3.46. The summed E-state index contributed by atoms with van der Waals surface area (Å²) in [5.74, 6) is 0. The summed E-state index contributed by atoms with van der Waals surface area (Å²) in [6.07, 6.45) is -7.66. The molecule has 0 aromatic heterocycles. The molecule has 0 fully saturated rings. The van der Waals surface area contributed by atoms with Crippen LogP contribution >= 0.6 is 0 Å². The summed E-state index contributed by atoms with van der Waals surface area (Å²) in [4.78, 5) is 10.2. The highest BCUT2D eigenvalue weighted by atomic mass is 16.6. The van der Waals surface area contributed by atoms with Gasteiger partial charge in [-0.25, -0.2) is 5.01 Å². The van der Waals surface area contributed by atoms with Gasteiger partial charge in [0, 0.05) is 12.1 Å². The normalized spacial score (nSPS) is 14.7. The smallest absolute Gasteiger partial charge is 0.269 e. The van der Waals surface area contributed by atoms with Crippen molar-refractivity contribution >= 4 is 17.1 Å². The second kappa shape index (κ2) is 10.2. The molecule has 0 bridgehead atoms. The molecule has 0 unspecified atom stereocenters. The lowest BCUT2D eigenvalue weighted by molar-refractivity contribution is -0.384. The van der Waals surface area contributed by atoms with E-state index in [1.165, 1.54) is 29.3 Å². The topological polar surface area (TPSA) is 172 Å². The fraction of sp³-hybridized carbons (Fsp3) is 0.368. The molecular formula is C19H24N4O7. The number of nitrogens with zero attached hydrogens (tertiary/aromatic N) is 4. The van der Waals surface area contributed by atoms with Crippen LogP contribution in [0.5, 0.6) is 0 Å². The van der Waals surface area contributed by atoms with Gasteiger partial charge in [0.15, 0.2) is 6.29 Å². The van der Waals surface area contributed by atoms with Crippen molar-refractivity contribution in [2.75, 3.05) is 11.6 Å². The van der Waals surface area contributed by atoms with Crippen LogP contribution in [-0.4, -0.2) is 61.6 Å². The number of hydrogen-bond acceptors (Lipinski definition) is 9. The molecule has 30 heavy (non-hydrogen) atoms. The molecule has 0 aliphatic rings. The molecule has 3 atom stereocenters. The third-order valence-electron chi connectivity index (χ3n) is 4.53. The number of anilines is 1. The fourth-order valence-corrected chi connectivity index (χ4v) is 2.52. The van der Waals surface area contributed by atoms with Gasteiger partial charge >= 0.3 is 0 Å². The standard InChI is InChI=1S/C19H24N4O7/c1-11-3-6-15(9-12(11)2)22(10-16(24)17(25)18(26)19(27)28)21-20-13-4-7-14(8-5-13)23(29)30/h3-9,16-19,24-28H,10H2,1-2H3/t16-,17+,18-/m0/s1. The monoisotopic (exact) mass is 420 g/mol. The zero-order chi connectivity index (χ0) is 22.4. The Kier molecular flexibility index (Phi) is 7.92. The molecule has 0 heterocycles. The first-order chi connectivity index (χ1) is 14.1. The molecule has 0 spiro atoms. The number of aryl methyl sites for hydroxylation is 2. The number of nitro groups is 1. The minimum Gasteiger partial charge on any atom is -0.388 e. The van der Waals surface area contributed by atoms with E-state index in [-0.39, 0.29) is 12.2 Å². The van der Waals surface area contributed by atoms with E-state index in [9.17, 15) is 25.4 Å². The second-order valence-corrected chi connectivity index (χ2v) is 6.78. The maximum atomic E-state index is 10.7. The Morgan fingerprint density at radius 2 is 1.60 bits per heavy atom. The molecular weight excluding hydrogens is 396 g/mol. The van der Waals surface area contributed by atoms with E-state index in [2.05, 4.69) is 10.3 Å². The van der Waals surface area contributed by atoms with E-state index in [1.54, 1.807) is 12.1 Å². The van der Waals surface area contributed by atoms with Gasteiger partial charge in [-0.15, -0.1) is 5.11 Å². The van der Waals surface area contributed by atoms with Crippen LogP contribution in [0.3, 0.4) is 0 Å². The predicted octanol–water partition coefficient (Wildman–Crippen LogP) is 1.11. The molecule has 0 saturated carbocycles. The van der Waals surface area contributed by atoms with E-state index in [4.69, 9.17) is 10.2 Å². The largest absolute Gasteiger partial charge is 0.388 e. The predicted molar refractivity (Wildman–Crippen MR) is 107 cm³/mol. The summed E-state index contributed by atoms with van der Waals surface area (Å²) < 4.78 is 0. The van der Waals surface area contributed by atoms with Gasteiger partial charge in [0.25, 0.3) is 5.69 Å². The van der Waals surface area contributed by atoms with Gasteiger partial charge in [-0.3, -0.25) is 10.1 Å². The lowest BCUT2D eigenvalue weighted by atomic mass is 10.1. The Morgan fingerprint density at radius 3 is 2.13 bits per heavy atom. The number of nitro benzene ring substituents is 1. The quantitative estimate of drug-likeness (QED) is 0.174. The number of benzene rings is 2. The molecule has 2 rings (SSSR count). The Balaban J connectivity index is 2.28. The van der Waals surface area contributed by atoms with Gasteiger partial charge in [0.1, 0.15) is 18.3 Å². The third kappa shape index (κ3) is 6.02. The molecule has 2 aromatic rings. The van der Waals surface area contributed by atoms with Crippen LogP contribution in [0.4, 0.5) is 17.1 Å². The van der Waals surface area contributed by atoms with E-state index in [0.717, 1.165) is 11.1 Å². The zero-order valence-corrected chi connectivity index (χ0v) is 16.4. The third-order valence-corrected chi connectivity index (χ3v) is 4.53. The number of aliphatic hydroxyl groups excluding tert-OH is 4. The first-order valence-electron chi connectivity index (χ1n) is 9.01. The minimum absolute atomic E-state index is 0.102. The summed E-state index contributed by atoms with van der Waals surface area (Å²) in [6, 6.07) is 10.7. The van der Waals surface area contributed by atoms with E-state index in [0.29, 0.717) is 11.4 Å². The number of aliphatic hydroxyl groups is 5. The average Bonchev–Trinajstić information content (AvgIpc) is 2.72. The summed E-state index contributed by atoms with van der Waals surface area (Å²) in [5.41, 5.74) is 2.69. The lowest BCUT2D eigenvalue weighted by Crippen LogP contribution is -2.48. The highest BCUT2D eigenvalue weighted by Gasteiger charge is 2.31. The van der Waals surface area contributed by atoms with E-state index < -0.39 is 29.5 Å². The number of hydrogen-bond donors (Lipinski definition) is 5. The van der Waals surface area contributed by atoms with Crippen molar-refractivity contribution in [3.63, 3.8) is 0 Å². The van der Waals surface area contributed by atoms with E-state index >= 15 is 0 Å². The molecule has 5 N–H and O–H groups in total. The SMILES string of the molecule is Cc1ccc(N(C[C@H](O)[C@@H](O)[C@H](O)C(O)O)N=Nc2ccc([N+](=O)[O-])cc2)cc1C. The van der Waals surface area contributed by atoms with Crippen molar-refractivity contribution in [1.29, 1.82) is 0 Å².